The number of ether oxygens (including phenoxy) is 1. The van der Waals surface area contributed by atoms with E-state index in [4.69, 9.17) is 0 Å². The fraction of sp³-hybridized carbons (Fsp3) is 0.556. The van der Waals surface area contributed by atoms with E-state index < -0.39 is 24.0 Å². The number of nitrogens with zero attached hydrogens (tertiary/aromatic N) is 3. The highest BCUT2D eigenvalue weighted by Gasteiger charge is 2.50. The molecule has 0 bridgehead atoms. The number of anilines is 1. The van der Waals surface area contributed by atoms with Crippen molar-refractivity contribution in [2.75, 3.05) is 12.1 Å². The number of benzene rings is 1. The van der Waals surface area contributed by atoms with E-state index in [0.717, 1.165) is 5.69 Å². The number of nitro groups is 1. The fourth-order valence-corrected chi connectivity index (χ4v) is 3.74. The Morgan fingerprint density at radius 1 is 1.35 bits per heavy atom. The first-order valence-corrected chi connectivity index (χ1v) is 8.62. The molecule has 1 heterocycles. The van der Waals surface area contributed by atoms with E-state index in [1.165, 1.54) is 19.0 Å². The van der Waals surface area contributed by atoms with E-state index >= 15 is 0 Å². The highest BCUT2D eigenvalue weighted by molar-refractivity contribution is 5.77. The lowest BCUT2D eigenvalue weighted by Gasteiger charge is -2.36. The maximum Gasteiger partial charge on any atom is 0.306 e. The molecule has 1 aliphatic rings. The summed E-state index contributed by atoms with van der Waals surface area (Å²) in [7, 11) is 1.26. The number of hydrogen-bond donors (Lipinski definition) is 0. The van der Waals surface area contributed by atoms with Crippen molar-refractivity contribution in [3.63, 3.8) is 0 Å². The van der Waals surface area contributed by atoms with Gasteiger partial charge in [-0.15, -0.1) is 0 Å². The zero-order valence-electron chi connectivity index (χ0n) is 15.5. The summed E-state index contributed by atoms with van der Waals surface area (Å²) >= 11 is 0. The molecule has 26 heavy (non-hydrogen) atoms. The maximum absolute atomic E-state index is 12.4. The van der Waals surface area contributed by atoms with Gasteiger partial charge in [0.25, 0.3) is 0 Å². The SMILES string of the molecule is COC(=O)CC(C)C(C1CC(C)N(c2ccccc2)N1C(C)=O)[N+](=O)[O-]. The summed E-state index contributed by atoms with van der Waals surface area (Å²) in [4.78, 5) is 35.4. The van der Waals surface area contributed by atoms with Gasteiger partial charge >= 0.3 is 5.97 Å². The summed E-state index contributed by atoms with van der Waals surface area (Å²) in [5.74, 6) is -1.32. The predicted octanol–water partition coefficient (Wildman–Crippen LogP) is 2.26. The van der Waals surface area contributed by atoms with Crippen molar-refractivity contribution in [2.24, 2.45) is 5.92 Å². The first kappa shape index (κ1) is 19.7. The van der Waals surface area contributed by atoms with Crippen LogP contribution >= 0.6 is 0 Å². The van der Waals surface area contributed by atoms with Gasteiger partial charge in [0.1, 0.15) is 6.04 Å². The van der Waals surface area contributed by atoms with Crippen LogP contribution in [0.4, 0.5) is 5.69 Å². The number of hydrazine groups is 1. The molecular formula is C18H25N3O5. The molecule has 2 rings (SSSR count). The molecule has 0 aliphatic carbocycles. The number of esters is 1. The third kappa shape index (κ3) is 3.95. The molecule has 0 spiro atoms. The molecular weight excluding hydrogens is 338 g/mol. The number of para-hydroxylation sites is 1. The average Bonchev–Trinajstić information content (AvgIpc) is 2.92. The summed E-state index contributed by atoms with van der Waals surface area (Å²) in [6, 6.07) is 7.56. The van der Waals surface area contributed by atoms with Crippen molar-refractivity contribution in [1.82, 2.24) is 5.01 Å². The van der Waals surface area contributed by atoms with Crippen LogP contribution in [0.15, 0.2) is 30.3 Å². The number of carbonyl (C=O) groups is 2. The molecule has 1 aromatic rings. The van der Waals surface area contributed by atoms with E-state index in [1.807, 2.05) is 42.3 Å². The van der Waals surface area contributed by atoms with Gasteiger partial charge in [-0.2, -0.15) is 0 Å². The van der Waals surface area contributed by atoms with Crippen LogP contribution in [-0.2, 0) is 14.3 Å². The van der Waals surface area contributed by atoms with E-state index in [1.54, 1.807) is 6.92 Å². The van der Waals surface area contributed by atoms with Crippen molar-refractivity contribution < 1.29 is 19.2 Å². The van der Waals surface area contributed by atoms with Crippen LogP contribution in [0, 0.1) is 16.0 Å². The van der Waals surface area contributed by atoms with Gasteiger partial charge in [-0.3, -0.25) is 24.7 Å². The highest BCUT2D eigenvalue weighted by atomic mass is 16.6. The number of carbonyl (C=O) groups excluding carboxylic acids is 2. The Morgan fingerprint density at radius 3 is 2.46 bits per heavy atom. The van der Waals surface area contributed by atoms with Gasteiger partial charge in [0, 0.05) is 17.8 Å². The number of rotatable bonds is 6. The lowest BCUT2D eigenvalue weighted by Crippen LogP contribution is -2.53. The molecule has 4 unspecified atom stereocenters. The number of methoxy groups -OCH3 is 1. The van der Waals surface area contributed by atoms with Gasteiger partial charge in [-0.25, -0.2) is 5.01 Å². The normalized spacial score (nSPS) is 22.0. The van der Waals surface area contributed by atoms with E-state index in [-0.39, 0.29) is 23.3 Å². The van der Waals surface area contributed by atoms with Crippen molar-refractivity contribution in [3.8, 4) is 0 Å². The van der Waals surface area contributed by atoms with Gasteiger partial charge in [0.05, 0.1) is 25.3 Å². The molecule has 4 atom stereocenters. The van der Waals surface area contributed by atoms with Crippen LogP contribution in [0.2, 0.25) is 0 Å². The van der Waals surface area contributed by atoms with Crippen molar-refractivity contribution >= 4 is 17.6 Å². The zero-order chi connectivity index (χ0) is 19.4. The second-order valence-corrected chi connectivity index (χ2v) is 6.73. The maximum atomic E-state index is 12.4. The Bertz CT molecular complexity index is 666. The third-order valence-corrected chi connectivity index (χ3v) is 4.83. The Kier molecular flexibility index (Phi) is 6.18. The molecule has 1 aliphatic heterocycles. The first-order chi connectivity index (χ1) is 12.3. The van der Waals surface area contributed by atoms with E-state index in [9.17, 15) is 19.7 Å². The molecule has 0 saturated carbocycles. The Balaban J connectivity index is 2.37. The second kappa shape index (κ2) is 8.16. The molecule has 8 nitrogen and oxygen atoms in total. The van der Waals surface area contributed by atoms with Gasteiger partial charge in [0.2, 0.25) is 11.9 Å². The predicted molar refractivity (Wildman–Crippen MR) is 95.9 cm³/mol. The Hall–Kier alpha value is -2.64. The topological polar surface area (TPSA) is 93.0 Å². The standard InChI is InChI=1S/C18H25N3O5/c1-12(10-17(23)26-4)18(21(24)25)16-11-13(2)19(20(16)14(3)22)15-8-6-5-7-9-15/h5-9,12-13,16,18H,10-11H2,1-4H3. The molecule has 8 heteroatoms. The lowest BCUT2D eigenvalue weighted by molar-refractivity contribution is -0.538. The van der Waals surface area contributed by atoms with Crippen LogP contribution in [0.1, 0.15) is 33.6 Å². The molecule has 142 valence electrons. The minimum Gasteiger partial charge on any atom is -0.469 e. The molecule has 0 N–H and O–H groups in total. The van der Waals surface area contributed by atoms with E-state index in [2.05, 4.69) is 4.74 Å². The second-order valence-electron chi connectivity index (χ2n) is 6.73. The van der Waals surface area contributed by atoms with Crippen molar-refractivity contribution in [1.29, 1.82) is 0 Å². The first-order valence-electron chi connectivity index (χ1n) is 8.62. The molecule has 1 saturated heterocycles. The summed E-state index contributed by atoms with van der Waals surface area (Å²) in [6.45, 7) is 4.99. The van der Waals surface area contributed by atoms with E-state index in [0.29, 0.717) is 6.42 Å². The van der Waals surface area contributed by atoms with Crippen LogP contribution in [0.5, 0.6) is 0 Å². The minimum absolute atomic E-state index is 0.0654. The molecule has 0 radical (unpaired) electrons. The molecule has 1 fully saturated rings. The quantitative estimate of drug-likeness (QED) is 0.437. The smallest absolute Gasteiger partial charge is 0.306 e. The van der Waals surface area contributed by atoms with Crippen molar-refractivity contribution in [3.05, 3.63) is 40.4 Å². The van der Waals surface area contributed by atoms with Gasteiger partial charge in [0.15, 0.2) is 0 Å². The minimum atomic E-state index is -1.06. The van der Waals surface area contributed by atoms with Gasteiger partial charge in [-0.1, -0.05) is 25.1 Å². The fourth-order valence-electron chi connectivity index (χ4n) is 3.74. The number of hydrogen-bond acceptors (Lipinski definition) is 6. The van der Waals surface area contributed by atoms with Crippen LogP contribution < -0.4 is 5.01 Å². The lowest BCUT2D eigenvalue weighted by atomic mass is 9.90. The van der Waals surface area contributed by atoms with Crippen LogP contribution in [0.25, 0.3) is 0 Å². The largest absolute Gasteiger partial charge is 0.469 e. The summed E-state index contributed by atoms with van der Waals surface area (Å²) < 4.78 is 4.65. The zero-order valence-corrected chi connectivity index (χ0v) is 15.5. The molecule has 0 aromatic heterocycles. The van der Waals surface area contributed by atoms with Crippen LogP contribution in [0.3, 0.4) is 0 Å². The summed E-state index contributed by atoms with van der Waals surface area (Å²) in [5, 5.41) is 15.1. The van der Waals surface area contributed by atoms with Gasteiger partial charge in [-0.05, 0) is 25.5 Å². The van der Waals surface area contributed by atoms with Gasteiger partial charge < -0.3 is 4.74 Å². The monoisotopic (exact) mass is 363 g/mol. The molecule has 1 amide bonds. The molecule has 1 aromatic carbocycles. The summed E-state index contributed by atoms with van der Waals surface area (Å²) in [6.07, 6.45) is 0.385. The Labute approximate surface area is 152 Å². The van der Waals surface area contributed by atoms with Crippen molar-refractivity contribution in [2.45, 2.75) is 51.7 Å². The average molecular weight is 363 g/mol. The third-order valence-electron chi connectivity index (χ3n) is 4.83. The highest BCUT2D eigenvalue weighted by Crippen LogP contribution is 2.35. The summed E-state index contributed by atoms with van der Waals surface area (Å²) in [5.41, 5.74) is 0.806. The van der Waals surface area contributed by atoms with Crippen LogP contribution in [-0.4, -0.2) is 47.0 Å². The Morgan fingerprint density at radius 2 is 1.96 bits per heavy atom. The number of amides is 1.